The molecule has 0 spiro atoms. The number of nitrogens with zero attached hydrogens (tertiary/aromatic N) is 2. The van der Waals surface area contributed by atoms with Gasteiger partial charge in [0.05, 0.1) is 5.75 Å². The fourth-order valence-corrected chi connectivity index (χ4v) is 3.43. The number of carboxylic acids is 1. The van der Waals surface area contributed by atoms with E-state index in [2.05, 4.69) is 9.71 Å². The van der Waals surface area contributed by atoms with Crippen LogP contribution in [-0.2, 0) is 25.4 Å². The molecular weight excluding hydrogens is 370 g/mol. The number of carbonyl (C=O) groups is 2. The zero-order valence-corrected chi connectivity index (χ0v) is 15.4. The zero-order chi connectivity index (χ0) is 19.9. The Morgan fingerprint density at radius 1 is 1.19 bits per heavy atom. The number of carboxylic acid groups (broad SMARTS) is 1. The van der Waals surface area contributed by atoms with Gasteiger partial charge < -0.3 is 10.0 Å². The number of nitrogens with one attached hydrogen (secondary N) is 1. The van der Waals surface area contributed by atoms with Crippen LogP contribution < -0.4 is 4.72 Å². The molecule has 142 valence electrons. The molecule has 2 aromatic rings. The van der Waals surface area contributed by atoms with Crippen LogP contribution in [0.3, 0.4) is 0 Å². The van der Waals surface area contributed by atoms with Crippen molar-refractivity contribution in [2.75, 3.05) is 13.6 Å². The van der Waals surface area contributed by atoms with Crippen molar-refractivity contribution < 1.29 is 23.1 Å². The fraction of sp³-hybridized carbons (Fsp3) is 0.167. The van der Waals surface area contributed by atoms with Crippen molar-refractivity contribution >= 4 is 28.0 Å². The molecule has 8 nitrogen and oxygen atoms in total. The molecule has 0 aliphatic rings. The van der Waals surface area contributed by atoms with E-state index in [-0.39, 0.29) is 11.4 Å². The first kappa shape index (κ1) is 20.1. The zero-order valence-electron chi connectivity index (χ0n) is 14.6. The van der Waals surface area contributed by atoms with E-state index in [1.165, 1.54) is 25.5 Å². The SMILES string of the molecule is CN(CC(=O)O)C(=O)/C(=C/c1cccnc1)NS(=O)(=O)Cc1ccccc1. The highest BCUT2D eigenvalue weighted by atomic mass is 32.2. The minimum Gasteiger partial charge on any atom is -0.480 e. The van der Waals surface area contributed by atoms with E-state index in [4.69, 9.17) is 5.11 Å². The average molecular weight is 389 g/mol. The molecular formula is C18H19N3O5S. The van der Waals surface area contributed by atoms with Crippen molar-refractivity contribution in [2.45, 2.75) is 5.75 Å². The Morgan fingerprint density at radius 3 is 2.48 bits per heavy atom. The number of sulfonamides is 1. The number of hydrogen-bond acceptors (Lipinski definition) is 5. The molecule has 1 heterocycles. The molecule has 27 heavy (non-hydrogen) atoms. The average Bonchev–Trinajstić information content (AvgIpc) is 2.61. The van der Waals surface area contributed by atoms with Gasteiger partial charge in [-0.05, 0) is 23.3 Å². The minimum atomic E-state index is -3.89. The Morgan fingerprint density at radius 2 is 1.89 bits per heavy atom. The fourth-order valence-electron chi connectivity index (χ4n) is 2.24. The molecule has 0 unspecified atom stereocenters. The molecule has 0 aliphatic carbocycles. The summed E-state index contributed by atoms with van der Waals surface area (Å²) >= 11 is 0. The number of rotatable bonds is 8. The first-order valence-corrected chi connectivity index (χ1v) is 9.55. The van der Waals surface area contributed by atoms with Gasteiger partial charge in [-0.15, -0.1) is 0 Å². The van der Waals surface area contributed by atoms with Crippen molar-refractivity contribution in [1.29, 1.82) is 0 Å². The van der Waals surface area contributed by atoms with Gasteiger partial charge in [-0.25, -0.2) is 8.42 Å². The van der Waals surface area contributed by atoms with Crippen LogP contribution in [-0.4, -0.2) is 48.9 Å². The van der Waals surface area contributed by atoms with Crippen LogP contribution in [0.1, 0.15) is 11.1 Å². The lowest BCUT2D eigenvalue weighted by atomic mass is 10.2. The highest BCUT2D eigenvalue weighted by molar-refractivity contribution is 7.88. The number of carbonyl (C=O) groups excluding carboxylic acids is 1. The van der Waals surface area contributed by atoms with Gasteiger partial charge in [-0.2, -0.15) is 0 Å². The summed E-state index contributed by atoms with van der Waals surface area (Å²) in [7, 11) is -2.62. The molecule has 2 N–H and O–H groups in total. The number of benzene rings is 1. The molecule has 9 heteroatoms. The maximum atomic E-state index is 12.6. The summed E-state index contributed by atoms with van der Waals surface area (Å²) in [6.45, 7) is -0.566. The number of amides is 1. The summed E-state index contributed by atoms with van der Waals surface area (Å²) in [6.07, 6.45) is 4.31. The third-order valence-corrected chi connectivity index (χ3v) is 4.65. The van der Waals surface area contributed by atoms with Gasteiger partial charge in [0.15, 0.2) is 0 Å². The number of likely N-dealkylation sites (N-methyl/N-ethyl adjacent to an activating group) is 1. The second-order valence-corrected chi connectivity index (χ2v) is 7.47. The third kappa shape index (κ3) is 6.55. The number of aliphatic carboxylic acids is 1. The molecule has 0 saturated carbocycles. The van der Waals surface area contributed by atoms with E-state index in [9.17, 15) is 18.0 Å². The predicted molar refractivity (Wildman–Crippen MR) is 99.7 cm³/mol. The van der Waals surface area contributed by atoms with Gasteiger partial charge in [0, 0.05) is 19.4 Å². The van der Waals surface area contributed by atoms with Crippen molar-refractivity contribution in [3.8, 4) is 0 Å². The summed E-state index contributed by atoms with van der Waals surface area (Å²) in [5.41, 5.74) is 0.784. The Hall–Kier alpha value is -3.20. The highest BCUT2D eigenvalue weighted by Gasteiger charge is 2.22. The summed E-state index contributed by atoms with van der Waals surface area (Å²) < 4.78 is 27.3. The van der Waals surface area contributed by atoms with Gasteiger partial charge >= 0.3 is 5.97 Å². The van der Waals surface area contributed by atoms with Gasteiger partial charge in [0.2, 0.25) is 10.0 Å². The van der Waals surface area contributed by atoms with Gasteiger partial charge in [0.25, 0.3) is 5.91 Å². The van der Waals surface area contributed by atoms with Crippen molar-refractivity contribution in [3.63, 3.8) is 0 Å². The van der Waals surface area contributed by atoms with E-state index < -0.39 is 28.4 Å². The Balaban J connectivity index is 2.30. The number of aromatic nitrogens is 1. The van der Waals surface area contributed by atoms with E-state index in [0.29, 0.717) is 11.1 Å². The van der Waals surface area contributed by atoms with E-state index in [1.807, 2.05) is 0 Å². The summed E-state index contributed by atoms with van der Waals surface area (Å²) in [5, 5.41) is 8.87. The molecule has 2 rings (SSSR count). The first-order valence-electron chi connectivity index (χ1n) is 7.90. The lowest BCUT2D eigenvalue weighted by Gasteiger charge is -2.18. The van der Waals surface area contributed by atoms with E-state index in [1.54, 1.807) is 42.5 Å². The van der Waals surface area contributed by atoms with Gasteiger partial charge in [0.1, 0.15) is 12.2 Å². The molecule has 0 aliphatic heterocycles. The van der Waals surface area contributed by atoms with Gasteiger partial charge in [-0.1, -0.05) is 36.4 Å². The van der Waals surface area contributed by atoms with E-state index in [0.717, 1.165) is 4.90 Å². The van der Waals surface area contributed by atoms with Gasteiger partial charge in [-0.3, -0.25) is 19.3 Å². The quantitative estimate of drug-likeness (QED) is 0.653. The van der Waals surface area contributed by atoms with Crippen LogP contribution in [0.4, 0.5) is 0 Å². The number of hydrogen-bond donors (Lipinski definition) is 2. The largest absolute Gasteiger partial charge is 0.480 e. The van der Waals surface area contributed by atoms with Crippen LogP contribution in [0.2, 0.25) is 0 Å². The molecule has 1 amide bonds. The normalized spacial score (nSPS) is 11.7. The highest BCUT2D eigenvalue weighted by Crippen LogP contribution is 2.10. The lowest BCUT2D eigenvalue weighted by molar-refractivity contribution is -0.142. The summed E-state index contributed by atoms with van der Waals surface area (Å²) in [4.78, 5) is 28.2. The standard InChI is InChI=1S/C18H19N3O5S/c1-21(12-17(22)23)18(24)16(10-15-8-5-9-19-11-15)20-27(25,26)13-14-6-3-2-4-7-14/h2-11,20H,12-13H2,1H3,(H,22,23)/b16-10-. The molecule has 0 fully saturated rings. The van der Waals surface area contributed by atoms with Crippen LogP contribution in [0.25, 0.3) is 6.08 Å². The summed E-state index contributed by atoms with van der Waals surface area (Å²) in [5.74, 6) is -2.30. The van der Waals surface area contributed by atoms with Crippen molar-refractivity contribution in [3.05, 3.63) is 71.7 Å². The second-order valence-electron chi connectivity index (χ2n) is 5.75. The van der Waals surface area contributed by atoms with Crippen LogP contribution in [0.5, 0.6) is 0 Å². The lowest BCUT2D eigenvalue weighted by Crippen LogP contribution is -2.38. The second kappa shape index (κ2) is 8.95. The molecule has 0 bridgehead atoms. The molecule has 1 aromatic heterocycles. The van der Waals surface area contributed by atoms with Crippen molar-refractivity contribution in [1.82, 2.24) is 14.6 Å². The topological polar surface area (TPSA) is 117 Å². The molecule has 0 atom stereocenters. The maximum absolute atomic E-state index is 12.6. The van der Waals surface area contributed by atoms with Crippen LogP contribution in [0, 0.1) is 0 Å². The smallest absolute Gasteiger partial charge is 0.323 e. The molecule has 0 radical (unpaired) electrons. The molecule has 0 saturated heterocycles. The first-order chi connectivity index (χ1) is 12.8. The Kier molecular flexibility index (Phi) is 6.67. The monoisotopic (exact) mass is 389 g/mol. The van der Waals surface area contributed by atoms with Crippen molar-refractivity contribution in [2.24, 2.45) is 0 Å². The van der Waals surface area contributed by atoms with E-state index >= 15 is 0 Å². The molecule has 1 aromatic carbocycles. The maximum Gasteiger partial charge on any atom is 0.323 e. The third-order valence-electron chi connectivity index (χ3n) is 3.41. The summed E-state index contributed by atoms with van der Waals surface area (Å²) in [6, 6.07) is 11.8. The Bertz CT molecular complexity index is 928. The number of pyridine rings is 1. The Labute approximate surface area is 157 Å². The predicted octanol–water partition coefficient (Wildman–Crippen LogP) is 1.09. The minimum absolute atomic E-state index is 0.261. The van der Waals surface area contributed by atoms with Crippen LogP contribution in [0.15, 0.2) is 60.6 Å². The van der Waals surface area contributed by atoms with Crippen LogP contribution >= 0.6 is 0 Å².